The molecule has 3 aromatic heterocycles. The smallest absolute Gasteiger partial charge is 0.164 e. The molecule has 4 atom stereocenters. The summed E-state index contributed by atoms with van der Waals surface area (Å²) in [4.78, 5) is 19.0. The van der Waals surface area contributed by atoms with Crippen molar-refractivity contribution < 1.29 is 14.9 Å². The van der Waals surface area contributed by atoms with Crippen LogP contribution in [0.4, 0.5) is 5.82 Å². The Morgan fingerprint density at radius 1 is 1.18 bits per heavy atom. The van der Waals surface area contributed by atoms with Crippen molar-refractivity contribution in [3.8, 4) is 0 Å². The zero-order valence-electron chi connectivity index (χ0n) is 22.2. The van der Waals surface area contributed by atoms with Gasteiger partial charge in [-0.05, 0) is 69.7 Å². The number of nitrogens with zero attached hydrogens (tertiary/aromatic N) is 5. The molecule has 0 amide bonds. The summed E-state index contributed by atoms with van der Waals surface area (Å²) in [6.45, 7) is 7.01. The number of aliphatic hydroxyl groups excluding tert-OH is 2. The molecule has 2 aliphatic rings. The highest BCUT2D eigenvalue weighted by molar-refractivity contribution is 5.86. The standard InChI is InChI=1S/C28H37N7O3/c1-15(2)35(18-11-17(12-18)5-7-23-32-20-6-4-16(3)10-21(20)33-23)13-22-24(36)25(37)28(38-22)34-9-8-19-26(29)30-14-31-27(19)34/h4,6,8-10,14-15,17-18,22,24-25,28,36-37H,5,7,11-13H2,1-3H3,(H,32,33)(H2,29,30,31)/t17-,18-,22-,24-,25-,28-/m1/s1. The topological polar surface area (TPSA) is 138 Å². The first-order chi connectivity index (χ1) is 18.3. The molecule has 0 bridgehead atoms. The van der Waals surface area contributed by atoms with E-state index in [9.17, 15) is 10.2 Å². The molecule has 1 aliphatic carbocycles. The first kappa shape index (κ1) is 25.2. The maximum atomic E-state index is 10.9. The summed E-state index contributed by atoms with van der Waals surface area (Å²) < 4.78 is 7.99. The van der Waals surface area contributed by atoms with E-state index in [1.165, 1.54) is 11.9 Å². The number of nitrogens with two attached hydrogens (primary N) is 1. The second-order valence-corrected chi connectivity index (χ2v) is 11.3. The number of hydrogen-bond donors (Lipinski definition) is 4. The first-order valence-corrected chi connectivity index (χ1v) is 13.6. The van der Waals surface area contributed by atoms with E-state index in [-0.39, 0.29) is 0 Å². The Hall–Kier alpha value is -3.05. The molecule has 1 aromatic carbocycles. The Bertz CT molecular complexity index is 1430. The fourth-order valence-electron chi connectivity index (χ4n) is 6.13. The van der Waals surface area contributed by atoms with Gasteiger partial charge in [-0.3, -0.25) is 4.90 Å². The number of imidazole rings is 1. The van der Waals surface area contributed by atoms with Gasteiger partial charge in [-0.1, -0.05) is 6.07 Å². The summed E-state index contributed by atoms with van der Waals surface area (Å²) in [5.74, 6) is 2.08. The summed E-state index contributed by atoms with van der Waals surface area (Å²) in [7, 11) is 0. The quantitative estimate of drug-likeness (QED) is 0.279. The number of benzene rings is 1. The molecule has 0 radical (unpaired) electrons. The second-order valence-electron chi connectivity index (χ2n) is 11.3. The molecular weight excluding hydrogens is 482 g/mol. The van der Waals surface area contributed by atoms with E-state index in [0.717, 1.165) is 42.5 Å². The zero-order valence-corrected chi connectivity index (χ0v) is 22.2. The van der Waals surface area contributed by atoms with E-state index in [2.05, 4.69) is 58.8 Å². The minimum absolute atomic E-state index is 0.298. The molecule has 1 saturated heterocycles. The van der Waals surface area contributed by atoms with Crippen molar-refractivity contribution in [1.29, 1.82) is 0 Å². The van der Waals surface area contributed by atoms with Gasteiger partial charge in [0.2, 0.25) is 0 Å². The maximum absolute atomic E-state index is 10.9. The van der Waals surface area contributed by atoms with Gasteiger partial charge in [-0.15, -0.1) is 0 Å². The lowest BCUT2D eigenvalue weighted by atomic mass is 9.76. The fourth-order valence-corrected chi connectivity index (χ4v) is 6.13. The van der Waals surface area contributed by atoms with Crippen molar-refractivity contribution in [2.45, 2.75) is 83.1 Å². The minimum atomic E-state index is -1.07. The van der Waals surface area contributed by atoms with Gasteiger partial charge in [0.25, 0.3) is 0 Å². The number of H-pyrrole nitrogens is 1. The highest BCUT2D eigenvalue weighted by Gasteiger charge is 2.46. The van der Waals surface area contributed by atoms with Crippen LogP contribution in [0.5, 0.6) is 0 Å². The van der Waals surface area contributed by atoms with Gasteiger partial charge in [0.15, 0.2) is 6.23 Å². The van der Waals surface area contributed by atoms with Crippen LogP contribution in [0.15, 0.2) is 36.8 Å². The van der Waals surface area contributed by atoms with Crippen LogP contribution in [-0.4, -0.2) is 76.6 Å². The average Bonchev–Trinajstić information content (AvgIpc) is 3.54. The van der Waals surface area contributed by atoms with Crippen molar-refractivity contribution in [3.63, 3.8) is 0 Å². The van der Waals surface area contributed by atoms with E-state index in [1.807, 2.05) is 6.07 Å². The van der Waals surface area contributed by atoms with E-state index in [0.29, 0.717) is 41.4 Å². The molecule has 38 heavy (non-hydrogen) atoms. The van der Waals surface area contributed by atoms with Crippen LogP contribution in [-0.2, 0) is 11.2 Å². The number of aryl methyl sites for hydroxylation is 2. The number of nitrogens with one attached hydrogen (secondary N) is 1. The van der Waals surface area contributed by atoms with Gasteiger partial charge in [0.05, 0.1) is 16.4 Å². The Kier molecular flexibility index (Phi) is 6.59. The van der Waals surface area contributed by atoms with Crippen molar-refractivity contribution in [3.05, 3.63) is 48.2 Å². The Morgan fingerprint density at radius 2 is 2.00 bits per heavy atom. The van der Waals surface area contributed by atoms with E-state index < -0.39 is 24.5 Å². The third-order valence-corrected chi connectivity index (χ3v) is 8.36. The molecular formula is C28H37N7O3. The Labute approximate surface area is 221 Å². The van der Waals surface area contributed by atoms with E-state index >= 15 is 0 Å². The first-order valence-electron chi connectivity index (χ1n) is 13.6. The summed E-state index contributed by atoms with van der Waals surface area (Å²) in [6.07, 6.45) is 4.15. The second kappa shape index (κ2) is 9.92. The molecule has 1 saturated carbocycles. The Morgan fingerprint density at radius 3 is 2.79 bits per heavy atom. The van der Waals surface area contributed by atoms with Crippen LogP contribution < -0.4 is 5.73 Å². The number of aromatic amines is 1. The summed E-state index contributed by atoms with van der Waals surface area (Å²) in [5, 5.41) is 22.5. The molecule has 4 heterocycles. The molecule has 6 rings (SSSR count). The monoisotopic (exact) mass is 519 g/mol. The van der Waals surface area contributed by atoms with Crippen LogP contribution in [0.1, 0.15) is 50.7 Å². The van der Waals surface area contributed by atoms with Gasteiger partial charge in [0, 0.05) is 31.2 Å². The lowest BCUT2D eigenvalue weighted by Gasteiger charge is -2.46. The molecule has 4 aromatic rings. The largest absolute Gasteiger partial charge is 0.387 e. The fraction of sp³-hybridized carbons (Fsp3) is 0.536. The van der Waals surface area contributed by atoms with Crippen LogP contribution in [0.3, 0.4) is 0 Å². The average molecular weight is 520 g/mol. The third-order valence-electron chi connectivity index (χ3n) is 8.36. The van der Waals surface area contributed by atoms with Crippen LogP contribution in [0, 0.1) is 12.8 Å². The van der Waals surface area contributed by atoms with Crippen molar-refractivity contribution in [1.82, 2.24) is 29.4 Å². The molecule has 10 heteroatoms. The lowest BCUT2D eigenvalue weighted by Crippen LogP contribution is -2.52. The number of hydrogen-bond acceptors (Lipinski definition) is 8. The minimum Gasteiger partial charge on any atom is -0.387 e. The van der Waals surface area contributed by atoms with Gasteiger partial charge < -0.3 is 30.2 Å². The number of fused-ring (bicyclic) bond motifs is 2. The maximum Gasteiger partial charge on any atom is 0.164 e. The molecule has 0 unspecified atom stereocenters. The van der Waals surface area contributed by atoms with Crippen LogP contribution in [0.2, 0.25) is 0 Å². The molecule has 202 valence electrons. The SMILES string of the molecule is Cc1ccc2[nH]c(CC[C@H]3C[C@H](N(C[C@H]4O[C@@H](n5ccc6c(N)ncnc65)[C@H](O)[C@@H]4O)C(C)C)C3)nc2c1. The number of aliphatic hydroxyl groups is 2. The van der Waals surface area contributed by atoms with Crippen LogP contribution >= 0.6 is 0 Å². The predicted octanol–water partition coefficient (Wildman–Crippen LogP) is 2.94. The van der Waals surface area contributed by atoms with Crippen molar-refractivity contribution in [2.75, 3.05) is 12.3 Å². The molecule has 2 fully saturated rings. The predicted molar refractivity (Wildman–Crippen MR) is 145 cm³/mol. The molecule has 0 spiro atoms. The van der Waals surface area contributed by atoms with Crippen molar-refractivity contribution in [2.24, 2.45) is 5.92 Å². The third kappa shape index (κ3) is 4.55. The van der Waals surface area contributed by atoms with Gasteiger partial charge >= 0.3 is 0 Å². The zero-order chi connectivity index (χ0) is 26.6. The van der Waals surface area contributed by atoms with Crippen molar-refractivity contribution >= 4 is 27.9 Å². The molecule has 5 N–H and O–H groups in total. The van der Waals surface area contributed by atoms with E-state index in [1.54, 1.807) is 10.8 Å². The normalized spacial score (nSPS) is 27.7. The lowest BCUT2D eigenvalue weighted by molar-refractivity contribution is -0.0618. The van der Waals surface area contributed by atoms with Gasteiger partial charge in [0.1, 0.15) is 41.9 Å². The number of ether oxygens (including phenoxy) is 1. The number of rotatable bonds is 8. The summed E-state index contributed by atoms with van der Waals surface area (Å²) in [5.41, 5.74) is 9.91. The van der Waals surface area contributed by atoms with E-state index in [4.69, 9.17) is 15.5 Å². The number of aromatic nitrogens is 5. The molecule has 10 nitrogen and oxygen atoms in total. The van der Waals surface area contributed by atoms with Gasteiger partial charge in [-0.2, -0.15) is 0 Å². The van der Waals surface area contributed by atoms with Gasteiger partial charge in [-0.25, -0.2) is 15.0 Å². The number of nitrogen functional groups attached to an aromatic ring is 1. The summed E-state index contributed by atoms with van der Waals surface area (Å²) >= 11 is 0. The van der Waals surface area contributed by atoms with Crippen LogP contribution in [0.25, 0.3) is 22.1 Å². The molecule has 1 aliphatic heterocycles. The highest BCUT2D eigenvalue weighted by Crippen LogP contribution is 2.38. The summed E-state index contributed by atoms with van der Waals surface area (Å²) in [6, 6.07) is 8.87. The number of anilines is 1. The highest BCUT2D eigenvalue weighted by atomic mass is 16.6. The Balaban J connectivity index is 1.07.